The molecule has 0 unspecified atom stereocenters. The van der Waals surface area contributed by atoms with Gasteiger partial charge in [-0.1, -0.05) is 37.2 Å². The van der Waals surface area contributed by atoms with Gasteiger partial charge in [0.15, 0.2) is 17.3 Å². The molecule has 58 heavy (non-hydrogen) atoms. The molecule has 0 aliphatic carbocycles. The van der Waals surface area contributed by atoms with Gasteiger partial charge in [-0.25, -0.2) is 19.6 Å². The molecule has 0 aliphatic rings. The van der Waals surface area contributed by atoms with Crippen LogP contribution in [0.5, 0.6) is 11.6 Å². The number of aromatic hydroxyl groups is 1. The van der Waals surface area contributed by atoms with E-state index in [-0.39, 0.29) is 46.7 Å². The molecule has 0 fully saturated rings. The molecule has 0 aliphatic heterocycles. The lowest BCUT2D eigenvalue weighted by molar-refractivity contribution is 0.101. The highest BCUT2D eigenvalue weighted by atomic mass is 16.5. The summed E-state index contributed by atoms with van der Waals surface area (Å²) in [6.07, 6.45) is 1.40. The van der Waals surface area contributed by atoms with Gasteiger partial charge in [0.05, 0.1) is 5.41 Å². The van der Waals surface area contributed by atoms with Gasteiger partial charge < -0.3 is 40.2 Å². The van der Waals surface area contributed by atoms with E-state index in [0.29, 0.717) is 34.3 Å². The Morgan fingerprint density at radius 1 is 0.638 bits per heavy atom. The number of rotatable bonds is 12. The molecular formula is C40H40N10O8. The summed E-state index contributed by atoms with van der Waals surface area (Å²) < 4.78 is 16.7. The molecule has 0 atom stereocenters. The third-order valence-electron chi connectivity index (χ3n) is 8.25. The number of benzene rings is 2. The predicted molar refractivity (Wildman–Crippen MR) is 214 cm³/mol. The van der Waals surface area contributed by atoms with Crippen LogP contribution in [0.15, 0.2) is 106 Å². The number of hydrogen-bond acceptors (Lipinski definition) is 12. The second-order valence-electron chi connectivity index (χ2n) is 14.5. The first kappa shape index (κ1) is 39.9. The summed E-state index contributed by atoms with van der Waals surface area (Å²) >= 11 is 0. The summed E-state index contributed by atoms with van der Waals surface area (Å²) in [5.74, 6) is 0.390. The van der Waals surface area contributed by atoms with Gasteiger partial charge >= 0.3 is 12.1 Å². The molecule has 2 aromatic carbocycles. The molecule has 0 radical (unpaired) electrons. The summed E-state index contributed by atoms with van der Waals surface area (Å²) in [6, 6.07) is 22.7. The first-order valence-electron chi connectivity index (χ1n) is 17.8. The van der Waals surface area contributed by atoms with E-state index in [1.54, 1.807) is 78.9 Å². The fourth-order valence-corrected chi connectivity index (χ4v) is 5.08. The Kier molecular flexibility index (Phi) is 11.7. The normalized spacial score (nSPS) is 11.3. The van der Waals surface area contributed by atoms with E-state index < -0.39 is 29.3 Å². The first-order valence-corrected chi connectivity index (χ1v) is 17.8. The van der Waals surface area contributed by atoms with E-state index in [1.807, 2.05) is 34.6 Å². The van der Waals surface area contributed by atoms with Crippen LogP contribution >= 0.6 is 0 Å². The Balaban J connectivity index is 0.955. The van der Waals surface area contributed by atoms with Crippen molar-refractivity contribution in [2.75, 3.05) is 38.5 Å². The molecule has 0 saturated carbocycles. The summed E-state index contributed by atoms with van der Waals surface area (Å²) in [6.45, 7) is 9.70. The van der Waals surface area contributed by atoms with Crippen LogP contribution in [0.2, 0.25) is 0 Å². The Hall–Kier alpha value is -7.76. The smallest absolute Gasteiger partial charge is 0.324 e. The van der Waals surface area contributed by atoms with E-state index >= 15 is 0 Å². The average molecular weight is 789 g/mol. The first-order chi connectivity index (χ1) is 27.6. The molecule has 7 N–H and O–H groups in total. The molecule has 0 saturated heterocycles. The highest BCUT2D eigenvalue weighted by molar-refractivity contribution is 6.05. The maximum Gasteiger partial charge on any atom is 0.324 e. The fraction of sp³-hybridized carbons (Fsp3) is 0.200. The number of carbonyl (C=O) groups excluding carboxylic acids is 4. The zero-order valence-corrected chi connectivity index (χ0v) is 32.0. The van der Waals surface area contributed by atoms with Gasteiger partial charge in [-0.05, 0) is 80.6 Å². The number of aromatic nitrogens is 4. The fourth-order valence-electron chi connectivity index (χ4n) is 5.08. The van der Waals surface area contributed by atoms with Crippen LogP contribution in [-0.2, 0) is 10.8 Å². The van der Waals surface area contributed by atoms with Crippen molar-refractivity contribution >= 4 is 58.3 Å². The third-order valence-corrected chi connectivity index (χ3v) is 8.25. The van der Waals surface area contributed by atoms with Gasteiger partial charge in [-0.15, -0.1) is 0 Å². The molecule has 18 heteroatoms. The number of nitrogens with one attached hydrogen (secondary N) is 6. The van der Waals surface area contributed by atoms with Gasteiger partial charge in [0.1, 0.15) is 29.6 Å². The summed E-state index contributed by atoms with van der Waals surface area (Å²) in [7, 11) is 0. The number of ether oxygens (including phenoxy) is 1. The Morgan fingerprint density at radius 2 is 1.16 bits per heavy atom. The monoisotopic (exact) mass is 788 g/mol. The minimum Gasteiger partial charge on any atom is -0.505 e. The topological polar surface area (TPSA) is 248 Å². The maximum absolute atomic E-state index is 13.0. The molecule has 298 valence electrons. The summed E-state index contributed by atoms with van der Waals surface area (Å²) in [5.41, 5.74) is 0.837. The van der Waals surface area contributed by atoms with Crippen molar-refractivity contribution in [3.05, 3.63) is 120 Å². The molecule has 4 aromatic heterocycles. The van der Waals surface area contributed by atoms with Crippen molar-refractivity contribution in [1.82, 2.24) is 20.3 Å². The van der Waals surface area contributed by atoms with Crippen molar-refractivity contribution in [2.45, 2.75) is 45.4 Å². The van der Waals surface area contributed by atoms with Crippen molar-refractivity contribution < 1.29 is 38.1 Å². The Bertz CT molecular complexity index is 2420. The third kappa shape index (κ3) is 10.5. The van der Waals surface area contributed by atoms with E-state index in [4.69, 9.17) is 13.8 Å². The maximum atomic E-state index is 13.0. The highest BCUT2D eigenvalue weighted by Crippen LogP contribution is 2.28. The lowest BCUT2D eigenvalue weighted by atomic mass is 9.91. The number of carbonyl (C=O) groups is 4. The Labute approximate surface area is 331 Å². The standard InChI is InChI=1S/C40H40N10O8/c1-39(2,3)29-20-31(49-57-29)47-37(54)44-25-15-11-23(12-16-25)42-35(52)27-8-6-10-33(46-27)56-22-40(4,5)30-21-32(50-58-30)48-38(55)45-26-17-13-24(14-18-26)43-36(53)34-28(51)9-7-19-41-34/h6-21,51H,22H2,1-5H3,(H,42,52)(H,43,53)(H2,44,47,49,54)(H2,45,48,50,55). The number of nitrogens with zero attached hydrogens (tertiary/aromatic N) is 4. The van der Waals surface area contributed by atoms with Gasteiger partial charge in [0.2, 0.25) is 5.88 Å². The lowest BCUT2D eigenvalue weighted by Crippen LogP contribution is -2.26. The molecule has 4 heterocycles. The van der Waals surface area contributed by atoms with E-state index in [9.17, 15) is 24.3 Å². The van der Waals surface area contributed by atoms with Crippen LogP contribution in [0.25, 0.3) is 0 Å². The Morgan fingerprint density at radius 3 is 1.69 bits per heavy atom. The number of amides is 6. The molecule has 6 rings (SSSR count). The quantitative estimate of drug-likeness (QED) is 0.0633. The van der Waals surface area contributed by atoms with Gasteiger partial charge in [0.25, 0.3) is 11.8 Å². The zero-order valence-electron chi connectivity index (χ0n) is 32.0. The zero-order chi connectivity index (χ0) is 41.5. The van der Waals surface area contributed by atoms with Crippen LogP contribution in [0.4, 0.5) is 44.0 Å². The average Bonchev–Trinajstić information content (AvgIpc) is 3.87. The van der Waals surface area contributed by atoms with Gasteiger partial charge in [-0.3, -0.25) is 20.2 Å². The molecule has 18 nitrogen and oxygen atoms in total. The second kappa shape index (κ2) is 16.9. The van der Waals surface area contributed by atoms with Gasteiger partial charge in [0, 0.05) is 52.6 Å². The summed E-state index contributed by atoms with van der Waals surface area (Å²) in [4.78, 5) is 58.8. The summed E-state index contributed by atoms with van der Waals surface area (Å²) in [5, 5.41) is 33.7. The van der Waals surface area contributed by atoms with Crippen LogP contribution < -0.4 is 36.6 Å². The molecule has 6 aromatic rings. The van der Waals surface area contributed by atoms with Crippen molar-refractivity contribution in [1.29, 1.82) is 0 Å². The highest BCUT2D eigenvalue weighted by Gasteiger charge is 2.28. The molecule has 0 bridgehead atoms. The number of anilines is 6. The number of pyridine rings is 2. The second-order valence-corrected chi connectivity index (χ2v) is 14.5. The van der Waals surface area contributed by atoms with Crippen LogP contribution in [0.1, 0.15) is 67.1 Å². The van der Waals surface area contributed by atoms with Crippen LogP contribution in [0, 0.1) is 0 Å². The SMILES string of the molecule is CC(C)(C)c1cc(NC(=O)Nc2ccc(NC(=O)c3cccc(OCC(C)(C)c4cc(NC(=O)Nc5ccc(NC(=O)c6ncccc6O)cc5)no4)n3)cc2)no1. The van der Waals surface area contributed by atoms with E-state index in [1.165, 1.54) is 18.3 Å². The van der Waals surface area contributed by atoms with Crippen molar-refractivity contribution in [2.24, 2.45) is 0 Å². The predicted octanol–water partition coefficient (Wildman–Crippen LogP) is 7.60. The molecular weight excluding hydrogens is 749 g/mol. The van der Waals surface area contributed by atoms with E-state index in [2.05, 4.69) is 52.2 Å². The van der Waals surface area contributed by atoms with Crippen molar-refractivity contribution in [3.63, 3.8) is 0 Å². The number of hydrogen-bond donors (Lipinski definition) is 7. The van der Waals surface area contributed by atoms with E-state index in [0.717, 1.165) is 0 Å². The van der Waals surface area contributed by atoms with Gasteiger partial charge in [-0.2, -0.15) is 0 Å². The van der Waals surface area contributed by atoms with Crippen LogP contribution in [-0.4, -0.2) is 55.9 Å². The molecule has 6 amide bonds. The molecule has 0 spiro atoms. The minimum absolute atomic E-state index is 0.0885. The van der Waals surface area contributed by atoms with Crippen molar-refractivity contribution in [3.8, 4) is 11.6 Å². The number of urea groups is 2. The largest absolute Gasteiger partial charge is 0.505 e. The van der Waals surface area contributed by atoms with Crippen LogP contribution in [0.3, 0.4) is 0 Å². The minimum atomic E-state index is -0.729. The lowest BCUT2D eigenvalue weighted by Gasteiger charge is -2.21.